The summed E-state index contributed by atoms with van der Waals surface area (Å²) in [6.45, 7) is 8.05. The SMILES string of the molecule is CN=C(NCCCC(C)C)NCc1coc(-c2ccc(C)cc2)n1. The Morgan fingerprint density at radius 3 is 2.62 bits per heavy atom. The van der Waals surface area contributed by atoms with Crippen LogP contribution in [0.15, 0.2) is 39.9 Å². The van der Waals surface area contributed by atoms with Gasteiger partial charge < -0.3 is 15.1 Å². The molecule has 130 valence electrons. The van der Waals surface area contributed by atoms with Gasteiger partial charge in [-0.15, -0.1) is 0 Å². The minimum absolute atomic E-state index is 0.583. The first-order valence-electron chi connectivity index (χ1n) is 8.54. The van der Waals surface area contributed by atoms with Crippen LogP contribution >= 0.6 is 0 Å². The van der Waals surface area contributed by atoms with Crippen LogP contribution in [0.5, 0.6) is 0 Å². The molecule has 0 saturated heterocycles. The molecule has 0 spiro atoms. The van der Waals surface area contributed by atoms with Crippen LogP contribution in [0.1, 0.15) is 37.9 Å². The van der Waals surface area contributed by atoms with Crippen LogP contribution in [-0.2, 0) is 6.54 Å². The van der Waals surface area contributed by atoms with Crippen LogP contribution in [0, 0.1) is 12.8 Å². The second kappa shape index (κ2) is 9.11. The van der Waals surface area contributed by atoms with E-state index in [1.807, 2.05) is 12.1 Å². The van der Waals surface area contributed by atoms with Crippen molar-refractivity contribution in [3.8, 4) is 11.5 Å². The van der Waals surface area contributed by atoms with E-state index in [0.29, 0.717) is 12.4 Å². The highest BCUT2D eigenvalue weighted by Crippen LogP contribution is 2.18. The van der Waals surface area contributed by atoms with Crippen molar-refractivity contribution >= 4 is 5.96 Å². The Morgan fingerprint density at radius 1 is 1.21 bits per heavy atom. The van der Waals surface area contributed by atoms with Gasteiger partial charge in [0, 0.05) is 19.2 Å². The maximum Gasteiger partial charge on any atom is 0.226 e. The van der Waals surface area contributed by atoms with Crippen molar-refractivity contribution in [3.63, 3.8) is 0 Å². The van der Waals surface area contributed by atoms with Gasteiger partial charge in [-0.05, 0) is 37.8 Å². The number of rotatable bonds is 7. The zero-order chi connectivity index (χ0) is 17.4. The van der Waals surface area contributed by atoms with Crippen LogP contribution < -0.4 is 10.6 Å². The van der Waals surface area contributed by atoms with E-state index in [9.17, 15) is 0 Å². The van der Waals surface area contributed by atoms with Crippen molar-refractivity contribution in [1.29, 1.82) is 0 Å². The van der Waals surface area contributed by atoms with Crippen molar-refractivity contribution in [2.75, 3.05) is 13.6 Å². The van der Waals surface area contributed by atoms with Gasteiger partial charge in [0.25, 0.3) is 0 Å². The lowest BCUT2D eigenvalue weighted by Gasteiger charge is -2.11. The summed E-state index contributed by atoms with van der Waals surface area (Å²) in [4.78, 5) is 8.75. The number of benzene rings is 1. The molecule has 0 fully saturated rings. The second-order valence-corrected chi connectivity index (χ2v) is 6.40. The molecule has 5 heteroatoms. The zero-order valence-electron chi connectivity index (χ0n) is 15.1. The summed E-state index contributed by atoms with van der Waals surface area (Å²) >= 11 is 0. The summed E-state index contributed by atoms with van der Waals surface area (Å²) in [6.07, 6.45) is 4.04. The number of oxazole rings is 1. The molecule has 0 radical (unpaired) electrons. The highest BCUT2D eigenvalue weighted by Gasteiger charge is 2.07. The monoisotopic (exact) mass is 328 g/mol. The summed E-state index contributed by atoms with van der Waals surface area (Å²) in [5.74, 6) is 2.17. The average Bonchev–Trinajstić information content (AvgIpc) is 3.03. The number of hydrogen-bond acceptors (Lipinski definition) is 3. The number of nitrogens with one attached hydrogen (secondary N) is 2. The third-order valence-corrected chi connectivity index (χ3v) is 3.76. The molecule has 0 atom stereocenters. The fraction of sp³-hybridized carbons (Fsp3) is 0.474. The number of guanidine groups is 1. The Kier molecular flexibility index (Phi) is 6.85. The summed E-state index contributed by atoms with van der Waals surface area (Å²) < 4.78 is 5.57. The van der Waals surface area contributed by atoms with Crippen molar-refractivity contribution in [2.45, 2.75) is 40.2 Å². The van der Waals surface area contributed by atoms with Crippen molar-refractivity contribution in [1.82, 2.24) is 15.6 Å². The molecule has 2 aromatic rings. The largest absolute Gasteiger partial charge is 0.444 e. The van der Waals surface area contributed by atoms with Crippen LogP contribution in [0.3, 0.4) is 0 Å². The number of nitrogens with zero attached hydrogens (tertiary/aromatic N) is 2. The van der Waals surface area contributed by atoms with Crippen molar-refractivity contribution in [3.05, 3.63) is 41.8 Å². The van der Waals surface area contributed by atoms with Gasteiger partial charge in [0.1, 0.15) is 6.26 Å². The average molecular weight is 328 g/mol. The van der Waals surface area contributed by atoms with E-state index in [1.54, 1.807) is 13.3 Å². The standard InChI is InChI=1S/C19H28N4O/c1-14(2)6-5-11-21-19(20-4)22-12-17-13-24-18(23-17)16-9-7-15(3)8-10-16/h7-10,13-14H,5-6,11-12H2,1-4H3,(H2,20,21,22). The molecule has 5 nitrogen and oxygen atoms in total. The maximum absolute atomic E-state index is 5.57. The van der Waals surface area contributed by atoms with E-state index in [-0.39, 0.29) is 0 Å². The Balaban J connectivity index is 1.82. The first kappa shape index (κ1) is 18.0. The summed E-state index contributed by atoms with van der Waals surface area (Å²) in [6, 6.07) is 8.15. The van der Waals surface area contributed by atoms with Gasteiger partial charge in [-0.25, -0.2) is 4.98 Å². The molecule has 0 bridgehead atoms. The highest BCUT2D eigenvalue weighted by molar-refractivity contribution is 5.79. The van der Waals surface area contributed by atoms with Gasteiger partial charge in [-0.2, -0.15) is 0 Å². The van der Waals surface area contributed by atoms with E-state index >= 15 is 0 Å². The Hall–Kier alpha value is -2.30. The lowest BCUT2D eigenvalue weighted by atomic mass is 10.1. The molecule has 0 aliphatic heterocycles. The van der Waals surface area contributed by atoms with E-state index in [2.05, 4.69) is 53.5 Å². The third kappa shape index (κ3) is 5.72. The predicted octanol–water partition coefficient (Wildman–Crippen LogP) is 3.75. The molecule has 0 saturated carbocycles. The first-order valence-corrected chi connectivity index (χ1v) is 8.54. The highest BCUT2D eigenvalue weighted by atomic mass is 16.3. The van der Waals surface area contributed by atoms with Gasteiger partial charge in [0.05, 0.1) is 12.2 Å². The molecule has 0 aliphatic rings. The molecule has 0 aliphatic carbocycles. The fourth-order valence-corrected chi connectivity index (χ4v) is 2.33. The number of hydrogen-bond donors (Lipinski definition) is 2. The molecule has 0 unspecified atom stereocenters. The van der Waals surface area contributed by atoms with Crippen molar-refractivity contribution in [2.24, 2.45) is 10.9 Å². The van der Waals surface area contributed by atoms with Gasteiger partial charge in [0.2, 0.25) is 5.89 Å². The number of aromatic nitrogens is 1. The number of aryl methyl sites for hydroxylation is 1. The van der Waals surface area contributed by atoms with E-state index in [4.69, 9.17) is 4.42 Å². The minimum Gasteiger partial charge on any atom is -0.444 e. The lowest BCUT2D eigenvalue weighted by molar-refractivity contribution is 0.549. The van der Waals surface area contributed by atoms with Gasteiger partial charge in [0.15, 0.2) is 5.96 Å². The second-order valence-electron chi connectivity index (χ2n) is 6.40. The zero-order valence-corrected chi connectivity index (χ0v) is 15.1. The number of aliphatic imine (C=N–C) groups is 1. The minimum atomic E-state index is 0.583. The Bertz CT molecular complexity index is 644. The summed E-state index contributed by atoms with van der Waals surface area (Å²) in [5, 5.41) is 6.58. The first-order chi connectivity index (χ1) is 11.6. The van der Waals surface area contributed by atoms with Gasteiger partial charge >= 0.3 is 0 Å². The van der Waals surface area contributed by atoms with Gasteiger partial charge in [-0.1, -0.05) is 31.5 Å². The topological polar surface area (TPSA) is 62.5 Å². The van der Waals surface area contributed by atoms with Crippen LogP contribution in [-0.4, -0.2) is 24.5 Å². The van der Waals surface area contributed by atoms with Crippen molar-refractivity contribution < 1.29 is 4.42 Å². The Morgan fingerprint density at radius 2 is 1.96 bits per heavy atom. The Labute approximate surface area is 144 Å². The maximum atomic E-state index is 5.57. The molecule has 1 heterocycles. The summed E-state index contributed by atoms with van der Waals surface area (Å²) in [7, 11) is 1.78. The van der Waals surface area contributed by atoms with Crippen LogP contribution in [0.4, 0.5) is 0 Å². The quantitative estimate of drug-likeness (QED) is 0.461. The lowest BCUT2D eigenvalue weighted by Crippen LogP contribution is -2.37. The third-order valence-electron chi connectivity index (χ3n) is 3.76. The van der Waals surface area contributed by atoms with E-state index < -0.39 is 0 Å². The molecule has 24 heavy (non-hydrogen) atoms. The molecular weight excluding hydrogens is 300 g/mol. The molecule has 1 aromatic carbocycles. The summed E-state index contributed by atoms with van der Waals surface area (Å²) in [5.41, 5.74) is 3.07. The molecular formula is C19H28N4O. The fourth-order valence-electron chi connectivity index (χ4n) is 2.33. The van der Waals surface area contributed by atoms with Gasteiger partial charge in [-0.3, -0.25) is 4.99 Å². The predicted molar refractivity (Wildman–Crippen MR) is 98.9 cm³/mol. The molecule has 1 aromatic heterocycles. The molecule has 2 rings (SSSR count). The molecule has 0 amide bonds. The van der Waals surface area contributed by atoms with Crippen LogP contribution in [0.25, 0.3) is 11.5 Å². The normalized spacial score (nSPS) is 11.8. The smallest absolute Gasteiger partial charge is 0.226 e. The van der Waals surface area contributed by atoms with E-state index in [1.165, 1.54) is 12.0 Å². The van der Waals surface area contributed by atoms with Crippen LogP contribution in [0.2, 0.25) is 0 Å². The molecule has 2 N–H and O–H groups in total. The van der Waals surface area contributed by atoms with E-state index in [0.717, 1.165) is 36.1 Å².